The van der Waals surface area contributed by atoms with Crippen molar-refractivity contribution in [1.82, 2.24) is 4.98 Å². The van der Waals surface area contributed by atoms with Gasteiger partial charge in [0.15, 0.2) is 0 Å². The monoisotopic (exact) mass is 269 g/mol. The molecule has 0 bridgehead atoms. The summed E-state index contributed by atoms with van der Waals surface area (Å²) >= 11 is 0. The number of allylic oxidation sites excluding steroid dienone is 1. The van der Waals surface area contributed by atoms with Crippen LogP contribution in [0.1, 0.15) is 28.5 Å². The van der Waals surface area contributed by atoms with Crippen molar-refractivity contribution in [2.24, 2.45) is 0 Å². The van der Waals surface area contributed by atoms with E-state index in [0.717, 1.165) is 5.56 Å². The summed E-state index contributed by atoms with van der Waals surface area (Å²) in [6.45, 7) is 3.70. The number of carbonyl (C=O) groups is 1. The lowest BCUT2D eigenvalue weighted by Crippen LogP contribution is -2.03. The molecular formula is C16H15NO3. The van der Waals surface area contributed by atoms with E-state index in [1.54, 1.807) is 19.1 Å². The van der Waals surface area contributed by atoms with Crippen LogP contribution in [-0.2, 0) is 0 Å². The van der Waals surface area contributed by atoms with E-state index in [2.05, 4.69) is 4.98 Å². The van der Waals surface area contributed by atoms with Crippen LogP contribution in [0.3, 0.4) is 0 Å². The van der Waals surface area contributed by atoms with Gasteiger partial charge in [-0.15, -0.1) is 0 Å². The first-order valence-corrected chi connectivity index (χ1v) is 6.22. The predicted octanol–water partition coefficient (Wildman–Crippen LogP) is 3.91. The summed E-state index contributed by atoms with van der Waals surface area (Å²) in [5.41, 5.74) is 1.62. The summed E-state index contributed by atoms with van der Waals surface area (Å²) in [5.74, 6) is -0.378. The zero-order valence-electron chi connectivity index (χ0n) is 11.3. The Kier molecular flexibility index (Phi) is 4.15. The maximum Gasteiger partial charge on any atom is 0.341 e. The standard InChI is InChI=1S/C16H15NO3/c1-3-6-12-7-4-5-8-14(12)20-15-13(16(18)19)10-9-11(2)17-15/h3-10H,1-2H3,(H,18,19). The lowest BCUT2D eigenvalue weighted by Gasteiger charge is -2.10. The molecule has 1 aromatic heterocycles. The Balaban J connectivity index is 2.44. The SMILES string of the molecule is CC=Cc1ccccc1Oc1nc(C)ccc1C(=O)O. The first-order chi connectivity index (χ1) is 9.61. The van der Waals surface area contributed by atoms with Crippen LogP contribution in [-0.4, -0.2) is 16.1 Å². The Labute approximate surface area is 117 Å². The number of hydrogen-bond acceptors (Lipinski definition) is 3. The van der Waals surface area contributed by atoms with Crippen molar-refractivity contribution in [3.63, 3.8) is 0 Å². The fraction of sp³-hybridized carbons (Fsp3) is 0.125. The number of ether oxygens (including phenoxy) is 1. The minimum Gasteiger partial charge on any atom is -0.477 e. The number of benzene rings is 1. The van der Waals surface area contributed by atoms with Gasteiger partial charge in [0, 0.05) is 11.3 Å². The molecule has 0 aliphatic carbocycles. The van der Waals surface area contributed by atoms with Crippen LogP contribution in [0.2, 0.25) is 0 Å². The van der Waals surface area contributed by atoms with E-state index < -0.39 is 5.97 Å². The number of pyridine rings is 1. The van der Waals surface area contributed by atoms with E-state index in [0.29, 0.717) is 11.4 Å². The lowest BCUT2D eigenvalue weighted by molar-refractivity contribution is 0.0693. The molecule has 1 aromatic carbocycles. The van der Waals surface area contributed by atoms with Crippen molar-refractivity contribution < 1.29 is 14.6 Å². The van der Waals surface area contributed by atoms with Gasteiger partial charge in [0.2, 0.25) is 5.88 Å². The van der Waals surface area contributed by atoms with Crippen molar-refractivity contribution in [3.8, 4) is 11.6 Å². The molecule has 0 unspecified atom stereocenters. The van der Waals surface area contributed by atoms with Gasteiger partial charge in [-0.2, -0.15) is 0 Å². The highest BCUT2D eigenvalue weighted by atomic mass is 16.5. The fourth-order valence-corrected chi connectivity index (χ4v) is 1.77. The summed E-state index contributed by atoms with van der Waals surface area (Å²) < 4.78 is 5.69. The minimum atomic E-state index is -1.06. The van der Waals surface area contributed by atoms with E-state index in [1.807, 2.05) is 37.3 Å². The second kappa shape index (κ2) is 6.02. The van der Waals surface area contributed by atoms with Crippen LogP contribution in [0.25, 0.3) is 6.08 Å². The quantitative estimate of drug-likeness (QED) is 0.914. The maximum atomic E-state index is 11.2. The van der Waals surface area contributed by atoms with Gasteiger partial charge in [-0.05, 0) is 32.0 Å². The van der Waals surface area contributed by atoms with Crippen LogP contribution < -0.4 is 4.74 Å². The maximum absolute atomic E-state index is 11.2. The minimum absolute atomic E-state index is 0.0471. The Morgan fingerprint density at radius 1 is 1.25 bits per heavy atom. The number of carboxylic acids is 1. The summed E-state index contributed by atoms with van der Waals surface area (Å²) in [4.78, 5) is 15.4. The summed E-state index contributed by atoms with van der Waals surface area (Å²) in [7, 11) is 0. The topological polar surface area (TPSA) is 59.4 Å². The van der Waals surface area contributed by atoms with E-state index in [4.69, 9.17) is 4.74 Å². The van der Waals surface area contributed by atoms with Gasteiger partial charge in [-0.1, -0.05) is 30.4 Å². The second-order valence-corrected chi connectivity index (χ2v) is 4.25. The van der Waals surface area contributed by atoms with Gasteiger partial charge in [-0.25, -0.2) is 9.78 Å². The molecule has 1 N–H and O–H groups in total. The zero-order valence-corrected chi connectivity index (χ0v) is 11.3. The molecule has 0 radical (unpaired) electrons. The first kappa shape index (κ1) is 13.8. The highest BCUT2D eigenvalue weighted by Gasteiger charge is 2.14. The van der Waals surface area contributed by atoms with Gasteiger partial charge in [-0.3, -0.25) is 0 Å². The smallest absolute Gasteiger partial charge is 0.341 e. The third-order valence-electron chi connectivity index (χ3n) is 2.70. The number of hydrogen-bond donors (Lipinski definition) is 1. The number of rotatable bonds is 4. The van der Waals surface area contributed by atoms with Gasteiger partial charge in [0.05, 0.1) is 0 Å². The molecule has 0 saturated carbocycles. The molecule has 0 atom stereocenters. The van der Waals surface area contributed by atoms with Crippen molar-refractivity contribution in [2.45, 2.75) is 13.8 Å². The molecule has 1 heterocycles. The molecule has 0 aliphatic heterocycles. The third kappa shape index (κ3) is 3.03. The molecule has 20 heavy (non-hydrogen) atoms. The van der Waals surface area contributed by atoms with Gasteiger partial charge < -0.3 is 9.84 Å². The summed E-state index contributed by atoms with van der Waals surface area (Å²) in [6, 6.07) is 10.5. The van der Waals surface area contributed by atoms with Gasteiger partial charge >= 0.3 is 5.97 Å². The van der Waals surface area contributed by atoms with E-state index in [1.165, 1.54) is 6.07 Å². The van der Waals surface area contributed by atoms with Crippen LogP contribution in [0, 0.1) is 6.92 Å². The normalized spacial score (nSPS) is 10.7. The number of aryl methyl sites for hydroxylation is 1. The Bertz CT molecular complexity index is 663. The molecule has 0 spiro atoms. The van der Waals surface area contributed by atoms with Crippen LogP contribution in [0.15, 0.2) is 42.5 Å². The molecule has 0 aliphatic rings. The average Bonchev–Trinajstić information content (AvgIpc) is 2.41. The number of para-hydroxylation sites is 1. The predicted molar refractivity (Wildman–Crippen MR) is 77.2 cm³/mol. The average molecular weight is 269 g/mol. The molecule has 0 fully saturated rings. The molecule has 102 valence electrons. The lowest BCUT2D eigenvalue weighted by atomic mass is 10.2. The highest BCUT2D eigenvalue weighted by molar-refractivity contribution is 5.90. The molecular weight excluding hydrogens is 254 g/mol. The van der Waals surface area contributed by atoms with Crippen LogP contribution >= 0.6 is 0 Å². The van der Waals surface area contributed by atoms with E-state index >= 15 is 0 Å². The Morgan fingerprint density at radius 2 is 2.00 bits per heavy atom. The van der Waals surface area contributed by atoms with Crippen LogP contribution in [0.4, 0.5) is 0 Å². The Morgan fingerprint density at radius 3 is 2.70 bits per heavy atom. The molecule has 0 saturated heterocycles. The first-order valence-electron chi connectivity index (χ1n) is 6.22. The summed E-state index contributed by atoms with van der Waals surface area (Å²) in [6.07, 6.45) is 3.79. The third-order valence-corrected chi connectivity index (χ3v) is 2.70. The molecule has 2 aromatic rings. The number of nitrogens with zero attached hydrogens (tertiary/aromatic N) is 1. The van der Waals surface area contributed by atoms with E-state index in [9.17, 15) is 9.90 Å². The van der Waals surface area contributed by atoms with E-state index in [-0.39, 0.29) is 11.4 Å². The molecule has 2 rings (SSSR count). The number of carboxylic acid groups (broad SMARTS) is 1. The number of aromatic nitrogens is 1. The van der Waals surface area contributed by atoms with Crippen molar-refractivity contribution in [2.75, 3.05) is 0 Å². The van der Waals surface area contributed by atoms with Crippen molar-refractivity contribution in [1.29, 1.82) is 0 Å². The Hall–Kier alpha value is -2.62. The van der Waals surface area contributed by atoms with Gasteiger partial charge in [0.25, 0.3) is 0 Å². The number of aromatic carboxylic acids is 1. The molecule has 4 nitrogen and oxygen atoms in total. The molecule has 0 amide bonds. The largest absolute Gasteiger partial charge is 0.477 e. The molecule has 4 heteroatoms. The zero-order chi connectivity index (χ0) is 14.5. The van der Waals surface area contributed by atoms with Gasteiger partial charge in [0.1, 0.15) is 11.3 Å². The van der Waals surface area contributed by atoms with Crippen molar-refractivity contribution in [3.05, 3.63) is 59.3 Å². The second-order valence-electron chi connectivity index (χ2n) is 4.25. The highest BCUT2D eigenvalue weighted by Crippen LogP contribution is 2.27. The summed E-state index contributed by atoms with van der Waals surface area (Å²) in [5, 5.41) is 9.17. The van der Waals surface area contributed by atoms with Crippen molar-refractivity contribution >= 4 is 12.0 Å². The van der Waals surface area contributed by atoms with Crippen LogP contribution in [0.5, 0.6) is 11.6 Å². The fourth-order valence-electron chi connectivity index (χ4n) is 1.77.